The fourth-order valence-electron chi connectivity index (χ4n) is 1.95. The van der Waals surface area contributed by atoms with Crippen LogP contribution in [0.25, 0.3) is 0 Å². The molecule has 0 aliphatic rings. The lowest BCUT2D eigenvalue weighted by Crippen LogP contribution is -2.17. The fourth-order valence-corrected chi connectivity index (χ4v) is 2.38. The molecule has 0 saturated heterocycles. The van der Waals surface area contributed by atoms with Gasteiger partial charge in [0.05, 0.1) is 11.6 Å². The van der Waals surface area contributed by atoms with Crippen LogP contribution in [0.3, 0.4) is 0 Å². The van der Waals surface area contributed by atoms with Crippen LogP contribution in [0.5, 0.6) is 0 Å². The maximum Gasteiger partial charge on any atom is 0.130 e. The highest BCUT2D eigenvalue weighted by Crippen LogP contribution is 2.20. The quantitative estimate of drug-likeness (QED) is 0.805. The molecule has 20 heavy (non-hydrogen) atoms. The molecular weight excluding hydrogens is 293 g/mol. The summed E-state index contributed by atoms with van der Waals surface area (Å²) in [4.78, 5) is 6.14. The van der Waals surface area contributed by atoms with Crippen molar-refractivity contribution in [2.75, 3.05) is 7.05 Å². The van der Waals surface area contributed by atoms with E-state index in [0.717, 1.165) is 17.7 Å². The van der Waals surface area contributed by atoms with Crippen LogP contribution >= 0.6 is 23.2 Å². The molecule has 0 N–H and O–H groups in total. The summed E-state index contributed by atoms with van der Waals surface area (Å²) in [6.07, 6.45) is 1.69. The summed E-state index contributed by atoms with van der Waals surface area (Å²) >= 11 is 11.9. The van der Waals surface area contributed by atoms with Gasteiger partial charge < -0.3 is 0 Å². The summed E-state index contributed by atoms with van der Waals surface area (Å²) in [7, 11) is 1.99. The number of hydrogen-bond donors (Lipinski definition) is 0. The largest absolute Gasteiger partial charge is 0.298 e. The van der Waals surface area contributed by atoms with Crippen LogP contribution < -0.4 is 0 Å². The third-order valence-corrected chi connectivity index (χ3v) is 3.40. The Morgan fingerprint density at radius 1 is 1.25 bits per heavy atom. The van der Waals surface area contributed by atoms with Gasteiger partial charge in [-0.1, -0.05) is 35.3 Å². The van der Waals surface area contributed by atoms with E-state index < -0.39 is 0 Å². The van der Waals surface area contributed by atoms with Crippen molar-refractivity contribution in [2.24, 2.45) is 0 Å². The number of rotatable bonds is 4. The van der Waals surface area contributed by atoms with Gasteiger partial charge in [0, 0.05) is 29.9 Å². The highest BCUT2D eigenvalue weighted by Gasteiger charge is 2.07. The first-order valence-electron chi connectivity index (χ1n) is 6.06. The Labute approximate surface area is 128 Å². The van der Waals surface area contributed by atoms with Gasteiger partial charge in [-0.05, 0) is 30.8 Å². The van der Waals surface area contributed by atoms with Crippen molar-refractivity contribution in [3.63, 3.8) is 0 Å². The number of halogens is 2. The lowest BCUT2D eigenvalue weighted by Gasteiger charge is -2.17. The molecule has 0 aliphatic carbocycles. The molecule has 1 heterocycles. The number of benzene rings is 1. The molecule has 0 aliphatic heterocycles. The molecule has 3 nitrogen and oxygen atoms in total. The molecule has 0 saturated carbocycles. The van der Waals surface area contributed by atoms with E-state index in [2.05, 4.69) is 16.0 Å². The number of hydrogen-bond acceptors (Lipinski definition) is 3. The van der Waals surface area contributed by atoms with E-state index in [4.69, 9.17) is 28.5 Å². The van der Waals surface area contributed by atoms with Gasteiger partial charge in [-0.25, -0.2) is 4.98 Å². The lowest BCUT2D eigenvalue weighted by atomic mass is 10.1. The van der Waals surface area contributed by atoms with Gasteiger partial charge in [0.15, 0.2) is 0 Å². The summed E-state index contributed by atoms with van der Waals surface area (Å²) in [5, 5.41) is 9.90. The molecule has 2 aromatic rings. The van der Waals surface area contributed by atoms with E-state index in [-0.39, 0.29) is 0 Å². The predicted octanol–water partition coefficient (Wildman–Crippen LogP) is 3.89. The smallest absolute Gasteiger partial charge is 0.130 e. The molecule has 2 rings (SSSR count). The molecule has 0 spiro atoms. The van der Waals surface area contributed by atoms with Crippen molar-refractivity contribution in [1.82, 2.24) is 9.88 Å². The Morgan fingerprint density at radius 3 is 2.75 bits per heavy atom. The van der Waals surface area contributed by atoms with E-state index in [1.165, 1.54) is 0 Å². The number of pyridine rings is 1. The van der Waals surface area contributed by atoms with Gasteiger partial charge in [-0.2, -0.15) is 5.26 Å². The van der Waals surface area contributed by atoms with Crippen LogP contribution in [0.4, 0.5) is 0 Å². The normalized spacial score (nSPS) is 10.6. The van der Waals surface area contributed by atoms with Crippen molar-refractivity contribution in [3.05, 3.63) is 63.4 Å². The Balaban J connectivity index is 2.05. The Morgan fingerprint density at radius 2 is 2.05 bits per heavy atom. The summed E-state index contributed by atoms with van der Waals surface area (Å²) in [5.74, 6) is 0. The molecule has 102 valence electrons. The summed E-state index contributed by atoms with van der Waals surface area (Å²) in [5.41, 5.74) is 2.68. The van der Waals surface area contributed by atoms with Crippen LogP contribution in [-0.2, 0) is 13.1 Å². The second-order valence-corrected chi connectivity index (χ2v) is 5.38. The molecule has 1 aromatic carbocycles. The molecule has 0 bridgehead atoms. The van der Waals surface area contributed by atoms with Gasteiger partial charge in [0.2, 0.25) is 0 Å². The fraction of sp³-hybridized carbons (Fsp3) is 0.200. The zero-order valence-corrected chi connectivity index (χ0v) is 12.5. The maximum absolute atomic E-state index is 8.89. The zero-order chi connectivity index (χ0) is 14.5. The van der Waals surface area contributed by atoms with Gasteiger partial charge in [-0.3, -0.25) is 4.90 Å². The minimum Gasteiger partial charge on any atom is -0.298 e. The molecule has 0 unspecified atom stereocenters. The number of aromatic nitrogens is 1. The maximum atomic E-state index is 8.89. The van der Waals surface area contributed by atoms with E-state index in [0.29, 0.717) is 22.3 Å². The van der Waals surface area contributed by atoms with Crippen LogP contribution in [-0.4, -0.2) is 16.9 Å². The molecular formula is C15H13Cl2N3. The third kappa shape index (κ3) is 3.94. The minimum atomic E-state index is 0.392. The van der Waals surface area contributed by atoms with Gasteiger partial charge in [0.1, 0.15) is 5.15 Å². The Hall–Kier alpha value is -1.60. The predicted molar refractivity (Wildman–Crippen MR) is 80.6 cm³/mol. The molecule has 5 heteroatoms. The van der Waals surface area contributed by atoms with E-state index in [1.807, 2.05) is 25.2 Å². The molecule has 0 amide bonds. The first-order chi connectivity index (χ1) is 9.58. The third-order valence-electron chi connectivity index (χ3n) is 2.85. The second-order valence-electron chi connectivity index (χ2n) is 4.58. The first-order valence-corrected chi connectivity index (χ1v) is 6.81. The van der Waals surface area contributed by atoms with E-state index >= 15 is 0 Å². The molecule has 0 fully saturated rings. The second kappa shape index (κ2) is 6.71. The SMILES string of the molecule is CN(Cc1cccc(C#N)c1)Cc1cnc(Cl)cc1Cl. The van der Waals surface area contributed by atoms with Crippen LogP contribution in [0.2, 0.25) is 10.2 Å². The molecule has 0 radical (unpaired) electrons. The zero-order valence-electron chi connectivity index (χ0n) is 11.0. The molecule has 0 atom stereocenters. The highest BCUT2D eigenvalue weighted by molar-refractivity contribution is 6.34. The van der Waals surface area contributed by atoms with Crippen molar-refractivity contribution in [1.29, 1.82) is 5.26 Å². The first kappa shape index (κ1) is 14.8. The Kier molecular flexibility index (Phi) is 4.97. The monoisotopic (exact) mass is 305 g/mol. The van der Waals surface area contributed by atoms with Crippen LogP contribution in [0, 0.1) is 11.3 Å². The van der Waals surface area contributed by atoms with E-state index in [1.54, 1.807) is 18.3 Å². The topological polar surface area (TPSA) is 39.9 Å². The van der Waals surface area contributed by atoms with Gasteiger partial charge in [0.25, 0.3) is 0 Å². The average molecular weight is 306 g/mol. The standard InChI is InChI=1S/C15H13Cl2N3/c1-20(9-12-4-2-3-11(5-12)7-18)10-13-8-19-15(17)6-14(13)16/h2-6,8H,9-10H2,1H3. The van der Waals surface area contributed by atoms with Crippen molar-refractivity contribution in [3.8, 4) is 6.07 Å². The number of nitrogens with zero attached hydrogens (tertiary/aromatic N) is 3. The molecule has 1 aromatic heterocycles. The highest BCUT2D eigenvalue weighted by atomic mass is 35.5. The Bertz CT molecular complexity index is 650. The van der Waals surface area contributed by atoms with E-state index in [9.17, 15) is 0 Å². The summed E-state index contributed by atoms with van der Waals surface area (Å²) < 4.78 is 0. The minimum absolute atomic E-state index is 0.392. The van der Waals surface area contributed by atoms with Crippen LogP contribution in [0.15, 0.2) is 36.5 Å². The number of nitriles is 1. The van der Waals surface area contributed by atoms with Crippen LogP contribution in [0.1, 0.15) is 16.7 Å². The van der Waals surface area contributed by atoms with Crippen molar-refractivity contribution in [2.45, 2.75) is 13.1 Å². The lowest BCUT2D eigenvalue weighted by molar-refractivity contribution is 0.319. The van der Waals surface area contributed by atoms with Crippen molar-refractivity contribution < 1.29 is 0 Å². The van der Waals surface area contributed by atoms with Gasteiger partial charge >= 0.3 is 0 Å². The van der Waals surface area contributed by atoms with Crippen molar-refractivity contribution >= 4 is 23.2 Å². The summed E-state index contributed by atoms with van der Waals surface area (Å²) in [6.45, 7) is 1.40. The van der Waals surface area contributed by atoms with Gasteiger partial charge in [-0.15, -0.1) is 0 Å². The average Bonchev–Trinajstić information content (AvgIpc) is 2.42. The summed E-state index contributed by atoms with van der Waals surface area (Å²) in [6, 6.07) is 11.4.